The van der Waals surface area contributed by atoms with Gasteiger partial charge in [-0.05, 0) is 45.9 Å². The highest BCUT2D eigenvalue weighted by Gasteiger charge is 2.25. The van der Waals surface area contributed by atoms with Crippen LogP contribution in [0.4, 0.5) is 0 Å². The summed E-state index contributed by atoms with van der Waals surface area (Å²) < 4.78 is 11.1. The van der Waals surface area contributed by atoms with Crippen LogP contribution in [0.25, 0.3) is 11.0 Å². The summed E-state index contributed by atoms with van der Waals surface area (Å²) in [7, 11) is 0. The molecule has 136 valence electrons. The summed E-state index contributed by atoms with van der Waals surface area (Å²) in [5, 5.41) is 13.1. The van der Waals surface area contributed by atoms with E-state index < -0.39 is 17.9 Å². The maximum atomic E-state index is 12.5. The minimum absolute atomic E-state index is 0.0836. The molecule has 1 unspecified atom stereocenters. The summed E-state index contributed by atoms with van der Waals surface area (Å²) in [5.41, 5.74) is 0.766. The molecule has 1 aromatic heterocycles. The Balaban J connectivity index is 2.13. The zero-order valence-electron chi connectivity index (χ0n) is 14.7. The van der Waals surface area contributed by atoms with Crippen LogP contribution >= 0.6 is 11.6 Å². The first kappa shape index (κ1) is 19.3. The zero-order chi connectivity index (χ0) is 18.8. The Morgan fingerprint density at radius 3 is 2.64 bits per heavy atom. The number of fused-ring (bicyclic) bond motifs is 1. The van der Waals surface area contributed by atoms with E-state index in [1.165, 1.54) is 0 Å². The number of halogens is 1. The van der Waals surface area contributed by atoms with Gasteiger partial charge < -0.3 is 19.6 Å². The molecule has 0 saturated heterocycles. The third-order valence-electron chi connectivity index (χ3n) is 3.65. The fraction of sp³-hybridized carbons (Fsp3) is 0.444. The molecule has 1 heterocycles. The summed E-state index contributed by atoms with van der Waals surface area (Å²) in [5.74, 6) is -1.61. The maximum absolute atomic E-state index is 12.5. The van der Waals surface area contributed by atoms with Crippen molar-refractivity contribution in [2.45, 2.75) is 45.8 Å². The minimum atomic E-state index is -1.12. The predicted molar refractivity (Wildman–Crippen MR) is 95.2 cm³/mol. The number of carbonyl (C=O) groups is 2. The number of benzene rings is 1. The number of nitrogens with one attached hydrogen (secondary N) is 1. The number of carbonyl (C=O) groups excluding carboxylic acids is 1. The van der Waals surface area contributed by atoms with Crippen LogP contribution in [0.3, 0.4) is 0 Å². The van der Waals surface area contributed by atoms with Crippen molar-refractivity contribution in [1.82, 2.24) is 5.32 Å². The van der Waals surface area contributed by atoms with Gasteiger partial charge in [-0.1, -0.05) is 11.6 Å². The smallest absolute Gasteiger partial charge is 0.326 e. The van der Waals surface area contributed by atoms with Crippen molar-refractivity contribution in [2.75, 3.05) is 6.61 Å². The van der Waals surface area contributed by atoms with Gasteiger partial charge in [-0.2, -0.15) is 0 Å². The van der Waals surface area contributed by atoms with Crippen LogP contribution in [-0.2, 0) is 9.53 Å². The molecule has 1 aromatic carbocycles. The Morgan fingerprint density at radius 1 is 1.36 bits per heavy atom. The van der Waals surface area contributed by atoms with E-state index in [1.54, 1.807) is 25.1 Å². The molecular formula is C18H22ClNO5. The van der Waals surface area contributed by atoms with E-state index >= 15 is 0 Å². The second-order valence-corrected chi connectivity index (χ2v) is 7.25. The molecule has 25 heavy (non-hydrogen) atoms. The van der Waals surface area contributed by atoms with Gasteiger partial charge in [-0.15, -0.1) is 0 Å². The third kappa shape index (κ3) is 4.96. The molecule has 0 aliphatic rings. The van der Waals surface area contributed by atoms with Gasteiger partial charge in [0.25, 0.3) is 5.91 Å². The molecule has 0 radical (unpaired) electrons. The van der Waals surface area contributed by atoms with Gasteiger partial charge in [0.05, 0.1) is 5.60 Å². The SMILES string of the molecule is Cc1c(C(=O)NC(CCOC(C)(C)C)C(=O)O)oc2ccc(Cl)cc12. The molecule has 0 bridgehead atoms. The molecular weight excluding hydrogens is 346 g/mol. The first-order valence-corrected chi connectivity index (χ1v) is 8.32. The van der Waals surface area contributed by atoms with E-state index in [2.05, 4.69) is 5.32 Å². The molecule has 0 saturated carbocycles. The molecule has 0 fully saturated rings. The van der Waals surface area contributed by atoms with Crippen LogP contribution in [0.5, 0.6) is 0 Å². The average molecular weight is 368 g/mol. The molecule has 0 aliphatic carbocycles. The second-order valence-electron chi connectivity index (χ2n) is 6.81. The minimum Gasteiger partial charge on any atom is -0.480 e. The van der Waals surface area contributed by atoms with E-state index in [0.29, 0.717) is 16.2 Å². The fourth-order valence-corrected chi connectivity index (χ4v) is 2.55. The quantitative estimate of drug-likeness (QED) is 0.811. The number of furan rings is 1. The topological polar surface area (TPSA) is 88.8 Å². The lowest BCUT2D eigenvalue weighted by Gasteiger charge is -2.21. The lowest BCUT2D eigenvalue weighted by Crippen LogP contribution is -2.42. The van der Waals surface area contributed by atoms with Gasteiger partial charge in [-0.3, -0.25) is 4.79 Å². The van der Waals surface area contributed by atoms with E-state index in [0.717, 1.165) is 5.39 Å². The van der Waals surface area contributed by atoms with Gasteiger partial charge in [0.1, 0.15) is 11.6 Å². The number of aliphatic carboxylic acids is 1. The van der Waals surface area contributed by atoms with Crippen molar-refractivity contribution in [3.05, 3.63) is 34.5 Å². The number of amides is 1. The normalized spacial score (nSPS) is 13.0. The number of hydrogen-bond acceptors (Lipinski definition) is 4. The number of rotatable bonds is 6. The lowest BCUT2D eigenvalue weighted by atomic mass is 10.1. The van der Waals surface area contributed by atoms with Crippen LogP contribution < -0.4 is 5.32 Å². The van der Waals surface area contributed by atoms with Crippen LogP contribution in [0.15, 0.2) is 22.6 Å². The highest BCUT2D eigenvalue weighted by Crippen LogP contribution is 2.27. The molecule has 1 amide bonds. The van der Waals surface area contributed by atoms with Gasteiger partial charge in [0.2, 0.25) is 0 Å². The Kier molecular flexibility index (Phi) is 5.75. The maximum Gasteiger partial charge on any atom is 0.326 e. The number of aryl methyl sites for hydroxylation is 1. The van der Waals surface area contributed by atoms with Gasteiger partial charge in [-0.25, -0.2) is 4.79 Å². The fourth-order valence-electron chi connectivity index (χ4n) is 2.37. The van der Waals surface area contributed by atoms with Crippen molar-refractivity contribution >= 4 is 34.4 Å². The van der Waals surface area contributed by atoms with Crippen molar-refractivity contribution < 1.29 is 23.8 Å². The van der Waals surface area contributed by atoms with Crippen molar-refractivity contribution in [3.8, 4) is 0 Å². The summed E-state index contributed by atoms with van der Waals surface area (Å²) in [6.07, 6.45) is 0.156. The molecule has 1 atom stereocenters. The standard InChI is InChI=1S/C18H22ClNO5/c1-10-12-9-11(19)5-6-14(12)25-15(10)16(21)20-13(17(22)23)7-8-24-18(2,3)4/h5-6,9,13H,7-8H2,1-4H3,(H,20,21)(H,22,23). The van der Waals surface area contributed by atoms with Crippen molar-refractivity contribution in [2.24, 2.45) is 0 Å². The summed E-state index contributed by atoms with van der Waals surface area (Å²) >= 11 is 5.97. The van der Waals surface area contributed by atoms with E-state index in [9.17, 15) is 14.7 Å². The number of hydrogen-bond donors (Lipinski definition) is 2. The summed E-state index contributed by atoms with van der Waals surface area (Å²) in [6, 6.07) is 3.98. The largest absolute Gasteiger partial charge is 0.480 e. The van der Waals surface area contributed by atoms with Crippen LogP contribution in [-0.4, -0.2) is 35.2 Å². The monoisotopic (exact) mass is 367 g/mol. The van der Waals surface area contributed by atoms with Crippen LogP contribution in [0, 0.1) is 6.92 Å². The summed E-state index contributed by atoms with van der Waals surface area (Å²) in [4.78, 5) is 23.9. The number of ether oxygens (including phenoxy) is 1. The molecule has 7 heteroatoms. The Bertz CT molecular complexity index is 791. The van der Waals surface area contributed by atoms with E-state index in [1.807, 2.05) is 20.8 Å². The summed E-state index contributed by atoms with van der Waals surface area (Å²) in [6.45, 7) is 7.59. The van der Waals surface area contributed by atoms with Gasteiger partial charge >= 0.3 is 5.97 Å². The van der Waals surface area contributed by atoms with Crippen LogP contribution in [0.1, 0.15) is 43.3 Å². The average Bonchev–Trinajstić information content (AvgIpc) is 2.81. The van der Waals surface area contributed by atoms with E-state index in [4.69, 9.17) is 20.8 Å². The van der Waals surface area contributed by atoms with Crippen LogP contribution in [0.2, 0.25) is 5.02 Å². The lowest BCUT2D eigenvalue weighted by molar-refractivity contribution is -0.140. The third-order valence-corrected chi connectivity index (χ3v) is 3.88. The Hall–Kier alpha value is -2.05. The molecule has 2 rings (SSSR count). The Morgan fingerprint density at radius 2 is 2.04 bits per heavy atom. The van der Waals surface area contributed by atoms with Crippen molar-refractivity contribution in [1.29, 1.82) is 0 Å². The second kappa shape index (κ2) is 7.45. The van der Waals surface area contributed by atoms with Gasteiger partial charge in [0.15, 0.2) is 5.76 Å². The zero-order valence-corrected chi connectivity index (χ0v) is 15.4. The first-order chi connectivity index (χ1) is 11.6. The molecule has 0 spiro atoms. The highest BCUT2D eigenvalue weighted by molar-refractivity contribution is 6.31. The molecule has 2 N–H and O–H groups in total. The number of carboxylic acid groups (broad SMARTS) is 1. The first-order valence-electron chi connectivity index (χ1n) is 7.95. The molecule has 6 nitrogen and oxygen atoms in total. The molecule has 2 aromatic rings. The molecule has 0 aliphatic heterocycles. The van der Waals surface area contributed by atoms with E-state index in [-0.39, 0.29) is 24.4 Å². The number of carboxylic acids is 1. The predicted octanol–water partition coefficient (Wildman–Crippen LogP) is 3.78. The Labute approximate surface area is 151 Å². The van der Waals surface area contributed by atoms with Crippen molar-refractivity contribution in [3.63, 3.8) is 0 Å². The van der Waals surface area contributed by atoms with Gasteiger partial charge in [0, 0.05) is 29.0 Å². The highest BCUT2D eigenvalue weighted by atomic mass is 35.5.